The molecule has 1 aromatic rings. The molecule has 15 heteroatoms. The van der Waals surface area contributed by atoms with E-state index in [9.17, 15) is 29.4 Å². The summed E-state index contributed by atoms with van der Waals surface area (Å²) in [6, 6.07) is 6.91. The number of esters is 2. The molecule has 0 amide bonds. The first-order valence-corrected chi connectivity index (χ1v) is 16.5. The van der Waals surface area contributed by atoms with Crippen molar-refractivity contribution in [1.82, 2.24) is 19.6 Å². The van der Waals surface area contributed by atoms with Crippen LogP contribution in [-0.2, 0) is 44.5 Å². The Morgan fingerprint density at radius 1 is 0.708 bits per heavy atom. The number of aryl methyl sites for hydroxylation is 1. The van der Waals surface area contributed by atoms with Crippen molar-refractivity contribution in [2.45, 2.75) is 32.2 Å². The van der Waals surface area contributed by atoms with Gasteiger partial charge in [0.25, 0.3) is 0 Å². The first kappa shape index (κ1) is 40.8. The number of nitrogens with zero attached hydrogens (tertiary/aromatic N) is 4. The minimum absolute atomic E-state index is 0.0138. The summed E-state index contributed by atoms with van der Waals surface area (Å²) < 4.78 is 26.2. The van der Waals surface area contributed by atoms with Gasteiger partial charge in [0.05, 0.1) is 53.7 Å². The van der Waals surface area contributed by atoms with Gasteiger partial charge in [0.15, 0.2) is 0 Å². The molecule has 48 heavy (non-hydrogen) atoms. The van der Waals surface area contributed by atoms with Crippen molar-refractivity contribution < 1.29 is 53.1 Å². The van der Waals surface area contributed by atoms with Crippen LogP contribution in [0.5, 0.6) is 5.75 Å². The molecule has 0 saturated carbocycles. The summed E-state index contributed by atoms with van der Waals surface area (Å²) >= 11 is 0. The number of carbonyl (C=O) groups is 4. The molecule has 0 aromatic heterocycles. The molecular formula is C33H54N4O11. The SMILES string of the molecule is CCOCCOCCOc1ccc(CCC[C@@H](C(=O)O)N2CCN(CC(=O)O)CCN(CC(=O)OC)CCN(CC(=O)OC)CC2)cc1. The number of carboxylic acid groups (broad SMARTS) is 2. The lowest BCUT2D eigenvalue weighted by molar-refractivity contribution is -0.145. The van der Waals surface area contributed by atoms with Gasteiger partial charge in [0, 0.05) is 59.0 Å². The van der Waals surface area contributed by atoms with Gasteiger partial charge in [0.1, 0.15) is 18.4 Å². The van der Waals surface area contributed by atoms with E-state index in [1.54, 1.807) is 4.90 Å². The van der Waals surface area contributed by atoms with Crippen LogP contribution in [-0.4, -0.2) is 179 Å². The van der Waals surface area contributed by atoms with Gasteiger partial charge in [-0.05, 0) is 43.9 Å². The number of methoxy groups -OCH3 is 2. The van der Waals surface area contributed by atoms with Crippen molar-refractivity contribution in [3.8, 4) is 5.75 Å². The summed E-state index contributed by atoms with van der Waals surface area (Å²) in [7, 11) is 2.62. The number of aliphatic carboxylic acids is 2. The number of hydrogen-bond donors (Lipinski definition) is 2. The molecule has 1 saturated heterocycles. The highest BCUT2D eigenvalue weighted by atomic mass is 16.5. The Morgan fingerprint density at radius 2 is 1.21 bits per heavy atom. The zero-order valence-electron chi connectivity index (χ0n) is 28.7. The van der Waals surface area contributed by atoms with Crippen molar-refractivity contribution in [3.63, 3.8) is 0 Å². The molecule has 0 spiro atoms. The lowest BCUT2D eigenvalue weighted by Gasteiger charge is -2.35. The molecule has 0 aliphatic carbocycles. The predicted molar refractivity (Wildman–Crippen MR) is 176 cm³/mol. The summed E-state index contributed by atoms with van der Waals surface area (Å²) in [5.74, 6) is -2.05. The topological polar surface area (TPSA) is 168 Å². The van der Waals surface area contributed by atoms with E-state index in [1.807, 2.05) is 45.9 Å². The molecule has 2 rings (SSSR count). The van der Waals surface area contributed by atoms with Gasteiger partial charge < -0.3 is 33.9 Å². The highest BCUT2D eigenvalue weighted by molar-refractivity contribution is 5.73. The second-order valence-electron chi connectivity index (χ2n) is 11.5. The van der Waals surface area contributed by atoms with E-state index < -0.39 is 29.9 Å². The fourth-order valence-electron chi connectivity index (χ4n) is 5.32. The Bertz CT molecular complexity index is 1090. The molecule has 1 fully saturated rings. The van der Waals surface area contributed by atoms with E-state index >= 15 is 0 Å². The highest BCUT2D eigenvalue weighted by Gasteiger charge is 2.28. The third-order valence-corrected chi connectivity index (χ3v) is 8.06. The minimum Gasteiger partial charge on any atom is -0.491 e. The molecule has 1 heterocycles. The number of carboxylic acids is 2. The molecule has 1 aliphatic heterocycles. The fraction of sp³-hybridized carbons (Fsp3) is 0.697. The molecule has 15 nitrogen and oxygen atoms in total. The van der Waals surface area contributed by atoms with Crippen LogP contribution in [0, 0.1) is 0 Å². The van der Waals surface area contributed by atoms with Crippen LogP contribution < -0.4 is 4.74 Å². The maximum atomic E-state index is 12.6. The Hall–Kier alpha value is -3.34. The Labute approximate surface area is 283 Å². The van der Waals surface area contributed by atoms with Crippen LogP contribution in [0.25, 0.3) is 0 Å². The van der Waals surface area contributed by atoms with Crippen LogP contribution in [0.2, 0.25) is 0 Å². The second-order valence-corrected chi connectivity index (χ2v) is 11.5. The van der Waals surface area contributed by atoms with E-state index in [1.165, 1.54) is 14.2 Å². The molecule has 272 valence electrons. The first-order valence-electron chi connectivity index (χ1n) is 16.5. The van der Waals surface area contributed by atoms with Crippen LogP contribution in [0.3, 0.4) is 0 Å². The highest BCUT2D eigenvalue weighted by Crippen LogP contribution is 2.16. The average Bonchev–Trinajstić information content (AvgIpc) is 3.06. The van der Waals surface area contributed by atoms with Gasteiger partial charge in [-0.1, -0.05) is 12.1 Å². The van der Waals surface area contributed by atoms with Crippen molar-refractivity contribution in [2.75, 3.05) is 119 Å². The van der Waals surface area contributed by atoms with Crippen molar-refractivity contribution >= 4 is 23.9 Å². The molecule has 1 aromatic carbocycles. The van der Waals surface area contributed by atoms with Gasteiger partial charge in [-0.25, -0.2) is 0 Å². The predicted octanol–water partition coefficient (Wildman–Crippen LogP) is 0.547. The largest absolute Gasteiger partial charge is 0.491 e. The zero-order chi connectivity index (χ0) is 35.1. The fourth-order valence-corrected chi connectivity index (χ4v) is 5.32. The number of rotatable bonds is 20. The van der Waals surface area contributed by atoms with Crippen LogP contribution >= 0.6 is 0 Å². The van der Waals surface area contributed by atoms with Crippen molar-refractivity contribution in [2.24, 2.45) is 0 Å². The summed E-state index contributed by atoms with van der Waals surface area (Å²) in [4.78, 5) is 55.8. The Morgan fingerprint density at radius 3 is 1.71 bits per heavy atom. The lowest BCUT2D eigenvalue weighted by atomic mass is 10.0. The van der Waals surface area contributed by atoms with E-state index in [4.69, 9.17) is 23.7 Å². The molecule has 0 bridgehead atoms. The van der Waals surface area contributed by atoms with Crippen molar-refractivity contribution in [1.29, 1.82) is 0 Å². The third-order valence-electron chi connectivity index (χ3n) is 8.06. The molecule has 1 aliphatic rings. The van der Waals surface area contributed by atoms with E-state index in [2.05, 4.69) is 0 Å². The van der Waals surface area contributed by atoms with E-state index in [0.717, 1.165) is 11.3 Å². The van der Waals surface area contributed by atoms with Gasteiger partial charge in [-0.15, -0.1) is 0 Å². The summed E-state index contributed by atoms with van der Waals surface area (Å²) in [6.45, 7) is 7.31. The van der Waals surface area contributed by atoms with E-state index in [-0.39, 0.29) is 19.6 Å². The smallest absolute Gasteiger partial charge is 0.320 e. The van der Waals surface area contributed by atoms with Crippen LogP contribution in [0.1, 0.15) is 25.3 Å². The third kappa shape index (κ3) is 17.2. The monoisotopic (exact) mass is 682 g/mol. The minimum atomic E-state index is -0.991. The molecule has 0 radical (unpaired) electrons. The van der Waals surface area contributed by atoms with Crippen molar-refractivity contribution in [3.05, 3.63) is 29.8 Å². The van der Waals surface area contributed by atoms with Crippen LogP contribution in [0.4, 0.5) is 0 Å². The molecular weight excluding hydrogens is 628 g/mol. The average molecular weight is 683 g/mol. The number of carbonyl (C=O) groups excluding carboxylic acids is 2. The second kappa shape index (κ2) is 23.9. The zero-order valence-corrected chi connectivity index (χ0v) is 28.7. The molecule has 0 unspecified atom stereocenters. The number of benzene rings is 1. The maximum absolute atomic E-state index is 12.6. The number of ether oxygens (including phenoxy) is 5. The van der Waals surface area contributed by atoms with Gasteiger partial charge in [-0.2, -0.15) is 0 Å². The van der Waals surface area contributed by atoms with Gasteiger partial charge >= 0.3 is 23.9 Å². The number of hydrogen-bond acceptors (Lipinski definition) is 13. The summed E-state index contributed by atoms with van der Waals surface area (Å²) in [5, 5.41) is 19.8. The lowest BCUT2D eigenvalue weighted by Crippen LogP contribution is -2.51. The summed E-state index contributed by atoms with van der Waals surface area (Å²) in [6.07, 6.45) is 1.68. The van der Waals surface area contributed by atoms with Gasteiger partial charge in [-0.3, -0.25) is 38.8 Å². The Balaban J connectivity index is 2.05. The van der Waals surface area contributed by atoms with E-state index in [0.29, 0.717) is 105 Å². The standard InChI is InChI=1S/C33H54N4O11/c1-4-46-20-21-47-22-23-48-28-10-8-27(9-11-28)6-5-7-29(33(42)43)37-18-16-34(24-30(38)39)12-13-35(25-31(40)44-2)14-15-36(17-19-37)26-32(41)45-3/h8-11,29H,4-7,12-26H2,1-3H3,(H,38,39)(H,42,43)/t29-/m0/s1. The quantitative estimate of drug-likeness (QED) is 0.144. The summed E-state index contributed by atoms with van der Waals surface area (Å²) in [5.41, 5.74) is 1.06. The van der Waals surface area contributed by atoms with Gasteiger partial charge in [0.2, 0.25) is 0 Å². The molecule has 2 N–H and O–H groups in total. The normalized spacial score (nSPS) is 16.7. The molecule has 1 atom stereocenters. The Kier molecular flexibility index (Phi) is 20.3. The van der Waals surface area contributed by atoms with Crippen LogP contribution in [0.15, 0.2) is 24.3 Å². The first-order chi connectivity index (χ1) is 23.1. The maximum Gasteiger partial charge on any atom is 0.320 e.